The van der Waals surface area contributed by atoms with Crippen LogP contribution in [0.1, 0.15) is 24.0 Å². The summed E-state index contributed by atoms with van der Waals surface area (Å²) in [6.07, 6.45) is 2.05. The second-order valence-corrected chi connectivity index (χ2v) is 3.81. The summed E-state index contributed by atoms with van der Waals surface area (Å²) < 4.78 is 4.92. The molecule has 0 bridgehead atoms. The number of hydrogen-bond donors (Lipinski definition) is 1. The molecule has 0 aromatic carbocycles. The maximum Gasteiger partial charge on any atom is 0.329 e. The van der Waals surface area contributed by atoms with E-state index in [-0.39, 0.29) is 13.2 Å². The average molecular weight is 215 g/mol. The molecule has 1 rings (SSSR count). The van der Waals surface area contributed by atoms with Crippen molar-refractivity contribution in [2.24, 2.45) is 0 Å². The summed E-state index contributed by atoms with van der Waals surface area (Å²) in [4.78, 5) is 14.5. The number of aliphatic carboxylic acids is 1. The van der Waals surface area contributed by atoms with E-state index in [4.69, 9.17) is 9.84 Å². The molecule has 0 fully saturated rings. The highest BCUT2D eigenvalue weighted by atomic mass is 32.1. The van der Waals surface area contributed by atoms with Crippen LogP contribution in [0.15, 0.2) is 5.38 Å². The summed E-state index contributed by atoms with van der Waals surface area (Å²) in [5.41, 5.74) is 0.819. The Labute approximate surface area is 86.6 Å². The number of aromatic nitrogens is 1. The Hall–Kier alpha value is -0.940. The summed E-state index contributed by atoms with van der Waals surface area (Å²) in [5.74, 6) is -0.950. The fourth-order valence-corrected chi connectivity index (χ4v) is 1.87. The molecule has 1 aromatic heterocycles. The van der Waals surface area contributed by atoms with E-state index in [1.807, 2.05) is 5.38 Å². The monoisotopic (exact) mass is 215 g/mol. The summed E-state index contributed by atoms with van der Waals surface area (Å²) in [6, 6.07) is 0. The summed E-state index contributed by atoms with van der Waals surface area (Å²) >= 11 is 1.59. The molecule has 4 nitrogen and oxygen atoms in total. The third-order valence-electron chi connectivity index (χ3n) is 1.54. The highest BCUT2D eigenvalue weighted by Crippen LogP contribution is 2.12. The van der Waals surface area contributed by atoms with Crippen molar-refractivity contribution in [3.63, 3.8) is 0 Å². The first-order chi connectivity index (χ1) is 6.72. The largest absolute Gasteiger partial charge is 0.480 e. The zero-order valence-corrected chi connectivity index (χ0v) is 8.84. The lowest BCUT2D eigenvalue weighted by Gasteiger charge is -1.96. The van der Waals surface area contributed by atoms with Crippen LogP contribution in [-0.4, -0.2) is 22.7 Å². The standard InChI is InChI=1S/C9H13NO3S/c1-2-3-8-10-7(6-14-8)4-13-5-9(11)12/h6H,2-5H2,1H3,(H,11,12). The Balaban J connectivity index is 2.32. The van der Waals surface area contributed by atoms with Crippen LogP contribution in [0, 0.1) is 0 Å². The lowest BCUT2D eigenvalue weighted by atomic mass is 10.3. The van der Waals surface area contributed by atoms with E-state index in [1.54, 1.807) is 11.3 Å². The molecule has 1 heterocycles. The Morgan fingerprint density at radius 1 is 1.71 bits per heavy atom. The average Bonchev–Trinajstić information content (AvgIpc) is 2.53. The van der Waals surface area contributed by atoms with Crippen molar-refractivity contribution >= 4 is 17.3 Å². The molecular formula is C9H13NO3S. The number of carboxylic acid groups (broad SMARTS) is 1. The van der Waals surface area contributed by atoms with Gasteiger partial charge in [0.05, 0.1) is 17.3 Å². The molecule has 0 radical (unpaired) electrons. The number of aryl methyl sites for hydroxylation is 1. The van der Waals surface area contributed by atoms with Gasteiger partial charge in [0.1, 0.15) is 6.61 Å². The van der Waals surface area contributed by atoms with E-state index in [1.165, 1.54) is 0 Å². The van der Waals surface area contributed by atoms with Gasteiger partial charge in [-0.1, -0.05) is 6.92 Å². The van der Waals surface area contributed by atoms with Crippen LogP contribution in [0.3, 0.4) is 0 Å². The topological polar surface area (TPSA) is 59.4 Å². The van der Waals surface area contributed by atoms with Crippen LogP contribution in [-0.2, 0) is 22.6 Å². The first kappa shape index (κ1) is 11.1. The van der Waals surface area contributed by atoms with E-state index >= 15 is 0 Å². The normalized spacial score (nSPS) is 10.4. The number of carboxylic acids is 1. The second kappa shape index (κ2) is 5.72. The predicted molar refractivity (Wildman–Crippen MR) is 53.4 cm³/mol. The van der Waals surface area contributed by atoms with Gasteiger partial charge in [0.15, 0.2) is 0 Å². The zero-order valence-electron chi connectivity index (χ0n) is 8.02. The van der Waals surface area contributed by atoms with Gasteiger partial charge in [-0.15, -0.1) is 11.3 Å². The molecule has 0 saturated carbocycles. The van der Waals surface area contributed by atoms with Gasteiger partial charge in [0, 0.05) is 5.38 Å². The molecule has 0 aliphatic rings. The van der Waals surface area contributed by atoms with Crippen LogP contribution >= 0.6 is 11.3 Å². The molecule has 14 heavy (non-hydrogen) atoms. The van der Waals surface area contributed by atoms with Crippen LogP contribution in [0.5, 0.6) is 0 Å². The second-order valence-electron chi connectivity index (χ2n) is 2.87. The van der Waals surface area contributed by atoms with Crippen molar-refractivity contribution < 1.29 is 14.6 Å². The zero-order chi connectivity index (χ0) is 10.4. The number of thiazole rings is 1. The third kappa shape index (κ3) is 3.85. The van der Waals surface area contributed by atoms with Crippen molar-refractivity contribution in [1.82, 2.24) is 4.98 Å². The van der Waals surface area contributed by atoms with E-state index in [2.05, 4.69) is 11.9 Å². The molecule has 1 N–H and O–H groups in total. The maximum absolute atomic E-state index is 10.2. The molecule has 0 aliphatic carbocycles. The van der Waals surface area contributed by atoms with Crippen molar-refractivity contribution in [1.29, 1.82) is 0 Å². The van der Waals surface area contributed by atoms with E-state index < -0.39 is 5.97 Å². The van der Waals surface area contributed by atoms with Gasteiger partial charge in [0.25, 0.3) is 0 Å². The molecule has 1 aromatic rings. The first-order valence-corrected chi connectivity index (χ1v) is 5.33. The van der Waals surface area contributed by atoms with E-state index in [0.717, 1.165) is 23.5 Å². The van der Waals surface area contributed by atoms with Gasteiger partial charge >= 0.3 is 5.97 Å². The molecular weight excluding hydrogens is 202 g/mol. The Morgan fingerprint density at radius 3 is 3.14 bits per heavy atom. The molecule has 5 heteroatoms. The predicted octanol–water partition coefficient (Wildman–Crippen LogP) is 1.70. The van der Waals surface area contributed by atoms with Gasteiger partial charge in [-0.25, -0.2) is 9.78 Å². The fraction of sp³-hybridized carbons (Fsp3) is 0.556. The first-order valence-electron chi connectivity index (χ1n) is 4.45. The summed E-state index contributed by atoms with van der Waals surface area (Å²) in [5, 5.41) is 11.3. The molecule has 0 unspecified atom stereocenters. The Kier molecular flexibility index (Phi) is 4.55. The lowest BCUT2D eigenvalue weighted by molar-refractivity contribution is -0.142. The highest BCUT2D eigenvalue weighted by Gasteiger charge is 2.02. The molecule has 0 aliphatic heterocycles. The van der Waals surface area contributed by atoms with Crippen molar-refractivity contribution in [2.75, 3.05) is 6.61 Å². The quantitative estimate of drug-likeness (QED) is 0.784. The van der Waals surface area contributed by atoms with Crippen molar-refractivity contribution in [3.8, 4) is 0 Å². The van der Waals surface area contributed by atoms with E-state index in [9.17, 15) is 4.79 Å². The van der Waals surface area contributed by atoms with Gasteiger partial charge < -0.3 is 9.84 Å². The Morgan fingerprint density at radius 2 is 2.50 bits per heavy atom. The van der Waals surface area contributed by atoms with Crippen LogP contribution in [0.4, 0.5) is 0 Å². The summed E-state index contributed by atoms with van der Waals surface area (Å²) in [6.45, 7) is 2.12. The van der Waals surface area contributed by atoms with Gasteiger partial charge in [-0.2, -0.15) is 0 Å². The number of rotatable bonds is 6. The highest BCUT2D eigenvalue weighted by molar-refractivity contribution is 7.09. The minimum absolute atomic E-state index is 0.263. The van der Waals surface area contributed by atoms with Gasteiger partial charge in [-0.3, -0.25) is 0 Å². The summed E-state index contributed by atoms with van der Waals surface area (Å²) in [7, 11) is 0. The lowest BCUT2D eigenvalue weighted by Crippen LogP contribution is -2.06. The SMILES string of the molecule is CCCc1nc(COCC(=O)O)cs1. The molecule has 0 spiro atoms. The van der Waals surface area contributed by atoms with Crippen molar-refractivity contribution in [2.45, 2.75) is 26.4 Å². The van der Waals surface area contributed by atoms with Crippen LogP contribution < -0.4 is 0 Å². The smallest absolute Gasteiger partial charge is 0.329 e. The number of ether oxygens (including phenoxy) is 1. The fourth-order valence-electron chi connectivity index (χ4n) is 0.987. The molecule has 78 valence electrons. The van der Waals surface area contributed by atoms with Gasteiger partial charge in [0.2, 0.25) is 0 Å². The Bertz CT molecular complexity index is 298. The molecule has 0 atom stereocenters. The number of hydrogen-bond acceptors (Lipinski definition) is 4. The van der Waals surface area contributed by atoms with E-state index in [0.29, 0.717) is 0 Å². The van der Waals surface area contributed by atoms with Gasteiger partial charge in [-0.05, 0) is 12.8 Å². The van der Waals surface area contributed by atoms with Crippen LogP contribution in [0.25, 0.3) is 0 Å². The molecule has 0 amide bonds. The van der Waals surface area contributed by atoms with Crippen molar-refractivity contribution in [3.05, 3.63) is 16.1 Å². The maximum atomic E-state index is 10.2. The minimum Gasteiger partial charge on any atom is -0.480 e. The number of carbonyl (C=O) groups is 1. The number of nitrogens with zero attached hydrogens (tertiary/aromatic N) is 1. The van der Waals surface area contributed by atoms with Crippen LogP contribution in [0.2, 0.25) is 0 Å². The minimum atomic E-state index is -0.950. The molecule has 0 saturated heterocycles. The third-order valence-corrected chi connectivity index (χ3v) is 2.50.